The molecule has 0 amide bonds. The maximum absolute atomic E-state index is 11.9. The zero-order valence-corrected chi connectivity index (χ0v) is 18.1. The van der Waals surface area contributed by atoms with E-state index < -0.39 is 0 Å². The van der Waals surface area contributed by atoms with E-state index in [0.29, 0.717) is 26.0 Å². The number of aromatic nitrogens is 1. The molecule has 0 N–H and O–H groups in total. The van der Waals surface area contributed by atoms with Crippen molar-refractivity contribution in [2.24, 2.45) is 7.05 Å². The van der Waals surface area contributed by atoms with Crippen LogP contribution in [0.4, 0.5) is 0 Å². The summed E-state index contributed by atoms with van der Waals surface area (Å²) in [6.45, 7) is 0. The molecule has 0 atom stereocenters. The Balaban J connectivity index is 0.00000220. The summed E-state index contributed by atoms with van der Waals surface area (Å²) in [5.74, 6) is 1.28. The van der Waals surface area contributed by atoms with E-state index in [1.54, 1.807) is 35.5 Å². The molecule has 1 heterocycles. The molecule has 0 saturated carbocycles. The van der Waals surface area contributed by atoms with Gasteiger partial charge in [0.05, 0.1) is 0 Å². The molecule has 3 nitrogen and oxygen atoms in total. The molecule has 0 bridgehead atoms. The van der Waals surface area contributed by atoms with Gasteiger partial charge in [-0.05, 0) is 27.0 Å². The van der Waals surface area contributed by atoms with E-state index in [1.165, 1.54) is 0 Å². The molecule has 0 aliphatic carbocycles. The first-order valence-corrected chi connectivity index (χ1v) is 8.58. The minimum absolute atomic E-state index is 0. The van der Waals surface area contributed by atoms with Gasteiger partial charge in [0.1, 0.15) is 11.7 Å². The van der Waals surface area contributed by atoms with Gasteiger partial charge in [0.2, 0.25) is 5.56 Å². The van der Waals surface area contributed by atoms with Crippen LogP contribution in [0.2, 0.25) is 5.02 Å². The summed E-state index contributed by atoms with van der Waals surface area (Å²) in [6.07, 6.45) is 1.96. The molecule has 1 aromatic heterocycles. The molecular weight excluding hydrogens is 497 g/mol. The maximum atomic E-state index is 11.9. The fourth-order valence-electron chi connectivity index (χ4n) is 1.72. The zero-order chi connectivity index (χ0) is 14.7. The van der Waals surface area contributed by atoms with E-state index in [2.05, 4.69) is 6.07 Å². The second-order valence-electron chi connectivity index (χ2n) is 4.04. The van der Waals surface area contributed by atoms with Crippen LogP contribution in [-0.2, 0) is 39.8 Å². The second kappa shape index (κ2) is 8.92. The summed E-state index contributed by atoms with van der Waals surface area (Å²) < 4.78 is 7.68. The number of pyridine rings is 1. The number of benzene rings is 1. The Morgan fingerprint density at radius 3 is 2.81 bits per heavy atom. The average Bonchev–Trinajstić information content (AvgIpc) is 2.44. The molecule has 0 saturated heterocycles. The Labute approximate surface area is 171 Å². The third-order valence-corrected chi connectivity index (χ3v) is 4.16. The van der Waals surface area contributed by atoms with Crippen molar-refractivity contribution in [3.05, 3.63) is 49.3 Å². The maximum Gasteiger partial charge on any atom is 0.207 e. The van der Waals surface area contributed by atoms with Crippen molar-refractivity contribution in [2.75, 3.05) is 12.2 Å². The first-order chi connectivity index (χ1) is 9.54. The number of thioether (sulfide) groups is 1. The van der Waals surface area contributed by atoms with Gasteiger partial charge in [-0.15, -0.1) is 40.4 Å². The SMILES string of the molecule is CSCOc1ccc(-c2[c-]cc(I)c(=O)n2C)c(Cl)c1.[Y]. The first kappa shape index (κ1) is 19.5. The molecule has 2 aromatic rings. The second-order valence-corrected chi connectivity index (χ2v) is 6.42. The standard InChI is InChI=1S/C14H12ClINO2S.Y/c1-17-13(6-5-12(16)14(17)18)10-4-3-9(7-11(10)15)19-8-20-2;/h3-5,7H,8H2,1-2H3;/q-1;. The molecule has 1 radical (unpaired) electrons. The minimum Gasteiger partial charge on any atom is -0.483 e. The summed E-state index contributed by atoms with van der Waals surface area (Å²) in [4.78, 5) is 11.9. The van der Waals surface area contributed by atoms with Gasteiger partial charge in [0.25, 0.3) is 0 Å². The van der Waals surface area contributed by atoms with Crippen LogP contribution < -0.4 is 10.3 Å². The molecular formula is C14H12ClINO2SY-. The van der Waals surface area contributed by atoms with E-state index in [4.69, 9.17) is 16.3 Å². The summed E-state index contributed by atoms with van der Waals surface area (Å²) in [7, 11) is 1.71. The Morgan fingerprint density at radius 1 is 1.48 bits per heavy atom. The molecule has 0 spiro atoms. The van der Waals surface area contributed by atoms with Crippen molar-refractivity contribution in [3.63, 3.8) is 0 Å². The van der Waals surface area contributed by atoms with Crippen molar-refractivity contribution >= 4 is 46.0 Å². The third kappa shape index (κ3) is 4.71. The van der Waals surface area contributed by atoms with Gasteiger partial charge in [-0.3, -0.25) is 4.79 Å². The normalized spacial score (nSPS) is 10.1. The number of hydrogen-bond donors (Lipinski definition) is 0. The number of halogens is 2. The number of hydrogen-bond acceptors (Lipinski definition) is 3. The molecule has 21 heavy (non-hydrogen) atoms. The van der Waals surface area contributed by atoms with Crippen LogP contribution >= 0.6 is 46.0 Å². The average molecular weight is 510 g/mol. The van der Waals surface area contributed by atoms with Crippen LogP contribution in [0.5, 0.6) is 5.75 Å². The van der Waals surface area contributed by atoms with Gasteiger partial charge in [-0.1, -0.05) is 22.9 Å². The van der Waals surface area contributed by atoms with Gasteiger partial charge in [0, 0.05) is 39.8 Å². The van der Waals surface area contributed by atoms with Crippen LogP contribution in [0.15, 0.2) is 29.1 Å². The number of ether oxygens (including phenoxy) is 1. The van der Waals surface area contributed by atoms with Crippen LogP contribution in [0.1, 0.15) is 0 Å². The monoisotopic (exact) mass is 509 g/mol. The predicted octanol–water partition coefficient (Wildman–Crippen LogP) is 3.81. The molecule has 0 unspecified atom stereocenters. The molecule has 0 aliphatic rings. The van der Waals surface area contributed by atoms with E-state index in [9.17, 15) is 4.79 Å². The quantitative estimate of drug-likeness (QED) is 0.357. The largest absolute Gasteiger partial charge is 0.483 e. The fourth-order valence-corrected chi connectivity index (χ4v) is 2.75. The molecule has 0 aliphatic heterocycles. The van der Waals surface area contributed by atoms with Gasteiger partial charge in [-0.25, -0.2) is 0 Å². The summed E-state index contributed by atoms with van der Waals surface area (Å²) in [5.41, 5.74) is 1.37. The molecule has 109 valence electrons. The summed E-state index contributed by atoms with van der Waals surface area (Å²) >= 11 is 9.87. The Bertz CT molecular complexity index is 693. The number of nitrogens with zero attached hydrogens (tertiary/aromatic N) is 1. The Kier molecular flexibility index (Phi) is 8.27. The van der Waals surface area contributed by atoms with Crippen molar-refractivity contribution < 1.29 is 37.4 Å². The minimum atomic E-state index is -0.0573. The van der Waals surface area contributed by atoms with Crippen molar-refractivity contribution in [2.45, 2.75) is 0 Å². The van der Waals surface area contributed by atoms with E-state index in [0.717, 1.165) is 5.56 Å². The van der Waals surface area contributed by atoms with Crippen LogP contribution in [0, 0.1) is 9.64 Å². The predicted molar refractivity (Wildman–Crippen MR) is 92.7 cm³/mol. The van der Waals surface area contributed by atoms with Gasteiger partial charge in [0.15, 0.2) is 0 Å². The van der Waals surface area contributed by atoms with Crippen molar-refractivity contribution in [3.8, 4) is 17.0 Å². The van der Waals surface area contributed by atoms with Crippen molar-refractivity contribution in [1.29, 1.82) is 0 Å². The van der Waals surface area contributed by atoms with Crippen LogP contribution in [0.3, 0.4) is 0 Å². The van der Waals surface area contributed by atoms with Crippen LogP contribution in [-0.4, -0.2) is 16.8 Å². The van der Waals surface area contributed by atoms with E-state index in [-0.39, 0.29) is 38.3 Å². The van der Waals surface area contributed by atoms with Gasteiger partial charge >= 0.3 is 0 Å². The Hall–Kier alpha value is 0.444. The zero-order valence-electron chi connectivity index (χ0n) is 11.5. The molecule has 7 heteroatoms. The molecule has 2 rings (SSSR count). The first-order valence-electron chi connectivity index (χ1n) is 5.73. The third-order valence-electron chi connectivity index (χ3n) is 2.72. The van der Waals surface area contributed by atoms with E-state index in [1.807, 2.05) is 41.0 Å². The smallest absolute Gasteiger partial charge is 0.207 e. The van der Waals surface area contributed by atoms with Gasteiger partial charge < -0.3 is 9.30 Å². The topological polar surface area (TPSA) is 31.2 Å². The summed E-state index contributed by atoms with van der Waals surface area (Å²) in [5, 5.41) is 0.538. The summed E-state index contributed by atoms with van der Waals surface area (Å²) in [6, 6.07) is 10.2. The Morgan fingerprint density at radius 2 is 2.19 bits per heavy atom. The van der Waals surface area contributed by atoms with Crippen molar-refractivity contribution in [1.82, 2.24) is 4.57 Å². The number of rotatable bonds is 4. The molecule has 0 fully saturated rings. The fraction of sp³-hybridized carbons (Fsp3) is 0.214. The van der Waals surface area contributed by atoms with E-state index >= 15 is 0 Å². The van der Waals surface area contributed by atoms with Crippen LogP contribution in [0.25, 0.3) is 11.3 Å². The van der Waals surface area contributed by atoms with Gasteiger partial charge in [-0.2, -0.15) is 12.1 Å². The molecule has 1 aromatic carbocycles.